The van der Waals surface area contributed by atoms with E-state index in [1.54, 1.807) is 45.2 Å². The van der Waals surface area contributed by atoms with E-state index >= 15 is 0 Å². The van der Waals surface area contributed by atoms with Gasteiger partial charge in [-0.25, -0.2) is 0 Å². The van der Waals surface area contributed by atoms with Crippen molar-refractivity contribution >= 4 is 35.3 Å². The number of piperidine rings is 1. The molecular weight excluding hydrogens is 798 g/mol. The van der Waals surface area contributed by atoms with E-state index in [0.717, 1.165) is 110 Å². The standard InChI is InChI=1S/C50H56ClN7O4/c1-33-43(21-24-53-33)45(31-57(4)32-59)44-28-39(50(2,3)61)13-11-37(44)27-36-9-7-34(8-10-36)5-6-35-22-25-58(26-23-35)48-20-19-47(55-56-48)49(60)54-40-14-17-41(18-15-40)62-42-16-12-38(30-52)46(51)29-42/h7-13,16,19-21,24,28-29,31-32,35,40-41,53,61H,5-6,14-15,17-18,22-23,25-27H2,1-4H3,(H,54,60)/b45-31+. The summed E-state index contributed by atoms with van der Waals surface area (Å²) in [6.45, 7) is 7.40. The molecule has 0 radical (unpaired) electrons. The molecule has 2 aliphatic rings. The molecule has 5 aromatic rings. The van der Waals surface area contributed by atoms with Crippen LogP contribution in [-0.4, -0.2) is 69.8 Å². The van der Waals surface area contributed by atoms with Crippen LogP contribution < -0.4 is 15.0 Å². The van der Waals surface area contributed by atoms with Gasteiger partial charge >= 0.3 is 0 Å². The highest BCUT2D eigenvalue weighted by molar-refractivity contribution is 6.31. The monoisotopic (exact) mass is 853 g/mol. The van der Waals surface area contributed by atoms with Crippen LogP contribution in [0.1, 0.15) is 114 Å². The van der Waals surface area contributed by atoms with Crippen molar-refractivity contribution in [1.82, 2.24) is 25.4 Å². The number of nitrogens with zero attached hydrogens (tertiary/aromatic N) is 5. The molecule has 3 N–H and O–H groups in total. The summed E-state index contributed by atoms with van der Waals surface area (Å²) >= 11 is 6.16. The molecule has 0 bridgehead atoms. The van der Waals surface area contributed by atoms with Crippen LogP contribution in [0.5, 0.6) is 5.75 Å². The van der Waals surface area contributed by atoms with Crippen LogP contribution >= 0.6 is 11.6 Å². The molecule has 1 aliphatic carbocycles. The first-order valence-electron chi connectivity index (χ1n) is 21.6. The van der Waals surface area contributed by atoms with E-state index in [9.17, 15) is 14.7 Å². The van der Waals surface area contributed by atoms with Crippen molar-refractivity contribution < 1.29 is 19.4 Å². The van der Waals surface area contributed by atoms with Crippen LogP contribution in [0.3, 0.4) is 0 Å². The maximum atomic E-state index is 13.1. The number of nitrogens with one attached hydrogen (secondary N) is 2. The average Bonchev–Trinajstić information content (AvgIpc) is 3.71. The van der Waals surface area contributed by atoms with Gasteiger partial charge in [0.15, 0.2) is 11.5 Å². The van der Waals surface area contributed by atoms with Crippen LogP contribution in [0.25, 0.3) is 5.57 Å². The third-order valence-corrected chi connectivity index (χ3v) is 12.6. The van der Waals surface area contributed by atoms with Crippen molar-refractivity contribution in [3.63, 3.8) is 0 Å². The van der Waals surface area contributed by atoms with E-state index in [2.05, 4.69) is 67.9 Å². The Kier molecular flexibility index (Phi) is 14.1. The second-order valence-corrected chi connectivity index (χ2v) is 17.7. The number of anilines is 1. The van der Waals surface area contributed by atoms with Gasteiger partial charge in [0.1, 0.15) is 11.8 Å². The smallest absolute Gasteiger partial charge is 0.272 e. The molecule has 2 fully saturated rings. The van der Waals surface area contributed by atoms with E-state index in [4.69, 9.17) is 21.6 Å². The lowest BCUT2D eigenvalue weighted by atomic mass is 9.86. The highest BCUT2D eigenvalue weighted by Gasteiger charge is 2.26. The topological polar surface area (TPSA) is 147 Å². The largest absolute Gasteiger partial charge is 0.490 e. The number of aryl methyl sites for hydroxylation is 2. The van der Waals surface area contributed by atoms with Crippen molar-refractivity contribution in [1.29, 1.82) is 5.26 Å². The number of aliphatic hydroxyl groups is 1. The van der Waals surface area contributed by atoms with Crippen molar-refractivity contribution in [2.24, 2.45) is 5.92 Å². The van der Waals surface area contributed by atoms with Crippen molar-refractivity contribution in [2.45, 2.75) is 96.3 Å². The number of ether oxygens (including phenoxy) is 1. The minimum absolute atomic E-state index is 0.0288. The number of carbonyl (C=O) groups is 2. The Labute approximate surface area is 369 Å². The van der Waals surface area contributed by atoms with E-state index < -0.39 is 5.60 Å². The van der Waals surface area contributed by atoms with Gasteiger partial charge in [-0.05, 0) is 149 Å². The number of aromatic nitrogens is 3. The number of carbonyl (C=O) groups excluding carboxylic acids is 2. The molecule has 0 spiro atoms. The lowest BCUT2D eigenvalue weighted by Crippen LogP contribution is -2.40. The SMILES string of the molecule is Cc1[nH]ccc1/C(=C\N(C)C=O)c1cc(C(C)(C)O)ccc1Cc1ccc(CCC2CCN(c3ccc(C(=O)NC4CCC(Oc5ccc(C#N)c(Cl)c5)CC4)nn3)CC2)cc1. The highest BCUT2D eigenvalue weighted by atomic mass is 35.5. The molecule has 322 valence electrons. The predicted molar refractivity (Wildman–Crippen MR) is 243 cm³/mol. The Bertz CT molecular complexity index is 2400. The number of rotatable bonds is 15. The fraction of sp³-hybridized carbons (Fsp3) is 0.380. The lowest BCUT2D eigenvalue weighted by Gasteiger charge is -2.32. The molecule has 7 rings (SSSR count). The lowest BCUT2D eigenvalue weighted by molar-refractivity contribution is -0.114. The average molecular weight is 854 g/mol. The predicted octanol–water partition coefficient (Wildman–Crippen LogP) is 8.90. The Hall–Kier alpha value is -5.96. The summed E-state index contributed by atoms with van der Waals surface area (Å²) in [5.41, 5.74) is 8.06. The van der Waals surface area contributed by atoms with Crippen LogP contribution in [0, 0.1) is 24.2 Å². The number of hydrogen-bond acceptors (Lipinski definition) is 8. The van der Waals surface area contributed by atoms with Gasteiger partial charge in [-0.2, -0.15) is 5.26 Å². The molecule has 12 heteroatoms. The second-order valence-electron chi connectivity index (χ2n) is 17.3. The summed E-state index contributed by atoms with van der Waals surface area (Å²) in [5, 5.41) is 32.3. The molecular formula is C50H56ClN7O4. The molecule has 2 aromatic heterocycles. The fourth-order valence-electron chi connectivity index (χ4n) is 8.54. The number of nitriles is 1. The molecule has 0 atom stereocenters. The van der Waals surface area contributed by atoms with Crippen molar-refractivity contribution in [3.05, 3.63) is 147 Å². The third-order valence-electron chi connectivity index (χ3n) is 12.3. The van der Waals surface area contributed by atoms with E-state index in [1.807, 2.05) is 37.5 Å². The third kappa shape index (κ3) is 11.1. The van der Waals surface area contributed by atoms with Gasteiger partial charge in [0.2, 0.25) is 6.41 Å². The van der Waals surface area contributed by atoms with E-state index in [-0.39, 0.29) is 18.1 Å². The molecule has 3 aromatic carbocycles. The molecule has 1 saturated heterocycles. The summed E-state index contributed by atoms with van der Waals surface area (Å²) in [7, 11) is 1.73. The summed E-state index contributed by atoms with van der Waals surface area (Å²) in [4.78, 5) is 31.8. The number of aromatic amines is 1. The zero-order chi connectivity index (χ0) is 43.8. The first-order valence-corrected chi connectivity index (χ1v) is 22.0. The van der Waals surface area contributed by atoms with Gasteiger partial charge in [-0.15, -0.1) is 10.2 Å². The minimum atomic E-state index is -1.02. The fourth-order valence-corrected chi connectivity index (χ4v) is 8.75. The normalized spacial score (nSPS) is 17.3. The second kappa shape index (κ2) is 19.8. The van der Waals surface area contributed by atoms with E-state index in [0.29, 0.717) is 34.4 Å². The molecule has 3 heterocycles. The molecule has 1 aliphatic heterocycles. The van der Waals surface area contributed by atoms with Gasteiger partial charge < -0.3 is 29.9 Å². The summed E-state index contributed by atoms with van der Waals surface area (Å²) in [6.07, 6.45) is 12.8. The quantitative estimate of drug-likeness (QED) is 0.0886. The Balaban J connectivity index is 0.878. The van der Waals surface area contributed by atoms with E-state index in [1.165, 1.54) is 16.0 Å². The molecule has 62 heavy (non-hydrogen) atoms. The summed E-state index contributed by atoms with van der Waals surface area (Å²) in [5.74, 6) is 1.86. The maximum Gasteiger partial charge on any atom is 0.272 e. The molecule has 11 nitrogen and oxygen atoms in total. The van der Waals surface area contributed by atoms with Crippen LogP contribution in [-0.2, 0) is 23.2 Å². The van der Waals surface area contributed by atoms with Crippen LogP contribution in [0.4, 0.5) is 5.82 Å². The Morgan fingerprint density at radius 1 is 0.984 bits per heavy atom. The molecule has 1 saturated carbocycles. The highest BCUT2D eigenvalue weighted by Crippen LogP contribution is 2.34. The van der Waals surface area contributed by atoms with Crippen molar-refractivity contribution in [3.8, 4) is 11.8 Å². The van der Waals surface area contributed by atoms with Gasteiger partial charge in [-0.3, -0.25) is 9.59 Å². The maximum absolute atomic E-state index is 13.1. The minimum Gasteiger partial charge on any atom is -0.490 e. The molecule has 2 amide bonds. The summed E-state index contributed by atoms with van der Waals surface area (Å²) in [6, 6.07) is 28.0. The zero-order valence-corrected chi connectivity index (χ0v) is 36.8. The zero-order valence-electron chi connectivity index (χ0n) is 36.0. The van der Waals surface area contributed by atoms with Gasteiger partial charge in [0.25, 0.3) is 5.91 Å². The van der Waals surface area contributed by atoms with Gasteiger partial charge in [0, 0.05) is 61.5 Å². The number of amides is 2. The first-order chi connectivity index (χ1) is 29.9. The summed E-state index contributed by atoms with van der Waals surface area (Å²) < 4.78 is 6.10. The van der Waals surface area contributed by atoms with Gasteiger partial charge in [0.05, 0.1) is 22.3 Å². The number of halogens is 1. The first kappa shape index (κ1) is 44.1. The van der Waals surface area contributed by atoms with Gasteiger partial charge in [-0.1, -0.05) is 48.0 Å². The number of benzene rings is 3. The number of H-pyrrole nitrogens is 1. The van der Waals surface area contributed by atoms with Crippen LogP contribution in [0.15, 0.2) is 91.3 Å². The Morgan fingerprint density at radius 3 is 2.35 bits per heavy atom. The van der Waals surface area contributed by atoms with Crippen molar-refractivity contribution in [2.75, 3.05) is 25.0 Å². The number of hydrogen-bond donors (Lipinski definition) is 3. The molecule has 0 unspecified atom stereocenters. The Morgan fingerprint density at radius 2 is 1.73 bits per heavy atom. The van der Waals surface area contributed by atoms with Crippen LogP contribution in [0.2, 0.25) is 5.02 Å².